The SMILES string of the molecule is O[C@H](COCc1ccc(Cl)cc1)CSc1nc2ccccc2s1. The molecule has 3 rings (SSSR count). The molecule has 0 spiro atoms. The van der Waals surface area contributed by atoms with E-state index in [9.17, 15) is 5.11 Å². The number of nitrogens with zero attached hydrogens (tertiary/aromatic N) is 1. The van der Waals surface area contributed by atoms with Crippen molar-refractivity contribution in [3.63, 3.8) is 0 Å². The van der Waals surface area contributed by atoms with Gasteiger partial charge in [-0.2, -0.15) is 0 Å². The van der Waals surface area contributed by atoms with Crippen LogP contribution in [-0.4, -0.2) is 28.6 Å². The quantitative estimate of drug-likeness (QED) is 0.620. The van der Waals surface area contributed by atoms with Crippen LogP contribution < -0.4 is 0 Å². The Labute approximate surface area is 148 Å². The summed E-state index contributed by atoms with van der Waals surface area (Å²) in [5, 5.41) is 10.7. The second-order valence-electron chi connectivity index (χ2n) is 5.05. The molecular weight excluding hydrogens is 350 g/mol. The van der Waals surface area contributed by atoms with E-state index in [1.54, 1.807) is 23.1 Å². The molecule has 0 aliphatic heterocycles. The van der Waals surface area contributed by atoms with Gasteiger partial charge in [0.15, 0.2) is 4.34 Å². The predicted octanol–water partition coefficient (Wildman–Crippen LogP) is 4.62. The van der Waals surface area contributed by atoms with E-state index in [1.165, 1.54) is 4.70 Å². The van der Waals surface area contributed by atoms with Gasteiger partial charge in [0, 0.05) is 10.8 Å². The largest absolute Gasteiger partial charge is 0.390 e. The lowest BCUT2D eigenvalue weighted by Crippen LogP contribution is -2.17. The van der Waals surface area contributed by atoms with Crippen molar-refractivity contribution in [1.29, 1.82) is 0 Å². The number of aliphatic hydroxyl groups excluding tert-OH is 1. The highest BCUT2D eigenvalue weighted by atomic mass is 35.5. The maximum Gasteiger partial charge on any atom is 0.151 e. The van der Waals surface area contributed by atoms with Gasteiger partial charge < -0.3 is 9.84 Å². The molecule has 0 radical (unpaired) electrons. The lowest BCUT2D eigenvalue weighted by atomic mass is 10.2. The van der Waals surface area contributed by atoms with Crippen molar-refractivity contribution < 1.29 is 9.84 Å². The van der Waals surface area contributed by atoms with Crippen LogP contribution in [0.4, 0.5) is 0 Å². The molecule has 1 atom stereocenters. The molecular formula is C17H16ClNO2S2. The summed E-state index contributed by atoms with van der Waals surface area (Å²) < 4.78 is 7.69. The lowest BCUT2D eigenvalue weighted by molar-refractivity contribution is 0.0398. The first-order chi connectivity index (χ1) is 11.2. The number of rotatable bonds is 7. The summed E-state index contributed by atoms with van der Waals surface area (Å²) in [4.78, 5) is 4.54. The number of aliphatic hydroxyl groups is 1. The molecule has 120 valence electrons. The van der Waals surface area contributed by atoms with E-state index >= 15 is 0 Å². The van der Waals surface area contributed by atoms with Crippen LogP contribution in [0.5, 0.6) is 0 Å². The van der Waals surface area contributed by atoms with E-state index in [0.717, 1.165) is 15.4 Å². The van der Waals surface area contributed by atoms with Crippen LogP contribution in [0.2, 0.25) is 5.02 Å². The van der Waals surface area contributed by atoms with Crippen LogP contribution in [-0.2, 0) is 11.3 Å². The van der Waals surface area contributed by atoms with Gasteiger partial charge in [-0.25, -0.2) is 4.98 Å². The summed E-state index contributed by atoms with van der Waals surface area (Å²) in [5.41, 5.74) is 2.05. The van der Waals surface area contributed by atoms with Crippen molar-refractivity contribution in [3.05, 3.63) is 59.1 Å². The minimum Gasteiger partial charge on any atom is -0.390 e. The van der Waals surface area contributed by atoms with Crippen LogP contribution in [0.1, 0.15) is 5.56 Å². The van der Waals surface area contributed by atoms with Crippen molar-refractivity contribution in [2.45, 2.75) is 17.1 Å². The Balaban J connectivity index is 1.42. The van der Waals surface area contributed by atoms with Crippen molar-refractivity contribution >= 4 is 44.9 Å². The molecule has 1 N–H and O–H groups in total. The van der Waals surface area contributed by atoms with E-state index in [0.29, 0.717) is 24.0 Å². The van der Waals surface area contributed by atoms with Crippen LogP contribution in [0.15, 0.2) is 52.9 Å². The summed E-state index contributed by atoms with van der Waals surface area (Å²) in [6.07, 6.45) is -0.515. The zero-order valence-electron chi connectivity index (χ0n) is 12.3. The van der Waals surface area contributed by atoms with Crippen molar-refractivity contribution in [3.8, 4) is 0 Å². The van der Waals surface area contributed by atoms with E-state index in [1.807, 2.05) is 42.5 Å². The highest BCUT2D eigenvalue weighted by Crippen LogP contribution is 2.29. The van der Waals surface area contributed by atoms with E-state index < -0.39 is 6.10 Å². The summed E-state index contributed by atoms with van der Waals surface area (Å²) in [6, 6.07) is 15.6. The molecule has 2 aromatic carbocycles. The predicted molar refractivity (Wildman–Crippen MR) is 97.5 cm³/mol. The molecule has 0 aliphatic rings. The Kier molecular flexibility index (Phi) is 5.91. The normalized spacial score (nSPS) is 12.6. The first kappa shape index (κ1) is 16.7. The fourth-order valence-electron chi connectivity index (χ4n) is 2.02. The minimum absolute atomic E-state index is 0.306. The summed E-state index contributed by atoms with van der Waals surface area (Å²) in [7, 11) is 0. The number of aromatic nitrogens is 1. The number of benzene rings is 2. The second kappa shape index (κ2) is 8.13. The molecule has 3 aromatic rings. The Hall–Kier alpha value is -1.11. The molecule has 0 saturated carbocycles. The number of thiazole rings is 1. The molecule has 1 aromatic heterocycles. The summed E-state index contributed by atoms with van der Waals surface area (Å²) in [6.45, 7) is 0.778. The number of fused-ring (bicyclic) bond motifs is 1. The summed E-state index contributed by atoms with van der Waals surface area (Å²) in [5.74, 6) is 0.570. The molecule has 0 unspecified atom stereocenters. The van der Waals surface area contributed by atoms with Gasteiger partial charge in [0.05, 0.1) is 29.5 Å². The third kappa shape index (κ3) is 4.93. The van der Waals surface area contributed by atoms with Crippen molar-refractivity contribution in [2.24, 2.45) is 0 Å². The summed E-state index contributed by atoms with van der Waals surface area (Å²) >= 11 is 9.05. The Morgan fingerprint density at radius 1 is 1.17 bits per heavy atom. The Bertz CT molecular complexity index is 728. The van der Waals surface area contributed by atoms with E-state index in [-0.39, 0.29) is 0 Å². The average molecular weight is 366 g/mol. The monoisotopic (exact) mass is 365 g/mol. The average Bonchev–Trinajstić information content (AvgIpc) is 2.98. The molecule has 23 heavy (non-hydrogen) atoms. The van der Waals surface area contributed by atoms with Gasteiger partial charge in [-0.3, -0.25) is 0 Å². The second-order valence-corrected chi connectivity index (χ2v) is 7.79. The first-order valence-electron chi connectivity index (χ1n) is 7.19. The zero-order chi connectivity index (χ0) is 16.1. The third-order valence-electron chi connectivity index (χ3n) is 3.17. The number of hydrogen-bond donors (Lipinski definition) is 1. The van der Waals surface area contributed by atoms with Gasteiger partial charge in [0.2, 0.25) is 0 Å². The smallest absolute Gasteiger partial charge is 0.151 e. The molecule has 0 aliphatic carbocycles. The number of hydrogen-bond acceptors (Lipinski definition) is 5. The number of ether oxygens (including phenoxy) is 1. The molecule has 1 heterocycles. The lowest BCUT2D eigenvalue weighted by Gasteiger charge is -2.10. The van der Waals surface area contributed by atoms with Gasteiger partial charge in [0.1, 0.15) is 0 Å². The standard InChI is InChI=1S/C17H16ClNO2S2/c18-13-7-5-12(6-8-13)9-21-10-14(20)11-22-17-19-15-3-1-2-4-16(15)23-17/h1-8,14,20H,9-11H2/t14-/m1/s1. The van der Waals surface area contributed by atoms with Gasteiger partial charge >= 0.3 is 0 Å². The van der Waals surface area contributed by atoms with Crippen LogP contribution in [0.25, 0.3) is 10.2 Å². The number of thioether (sulfide) groups is 1. The minimum atomic E-state index is -0.515. The van der Waals surface area contributed by atoms with Gasteiger partial charge in [0.25, 0.3) is 0 Å². The fraction of sp³-hybridized carbons (Fsp3) is 0.235. The molecule has 0 saturated heterocycles. The first-order valence-corrected chi connectivity index (χ1v) is 9.37. The van der Waals surface area contributed by atoms with Crippen LogP contribution in [0, 0.1) is 0 Å². The van der Waals surface area contributed by atoms with Gasteiger partial charge in [-0.15, -0.1) is 11.3 Å². The van der Waals surface area contributed by atoms with E-state index in [2.05, 4.69) is 11.1 Å². The van der Waals surface area contributed by atoms with E-state index in [4.69, 9.17) is 16.3 Å². The Morgan fingerprint density at radius 2 is 1.96 bits per heavy atom. The highest BCUT2D eigenvalue weighted by Gasteiger charge is 2.09. The maximum atomic E-state index is 10.0. The molecule has 0 bridgehead atoms. The number of halogens is 1. The molecule has 0 fully saturated rings. The molecule has 0 amide bonds. The fourth-order valence-corrected chi connectivity index (χ4v) is 4.15. The topological polar surface area (TPSA) is 42.4 Å². The van der Waals surface area contributed by atoms with Crippen LogP contribution in [0.3, 0.4) is 0 Å². The molecule has 3 nitrogen and oxygen atoms in total. The molecule has 6 heteroatoms. The van der Waals surface area contributed by atoms with Gasteiger partial charge in [-0.1, -0.05) is 47.6 Å². The maximum absolute atomic E-state index is 10.0. The Morgan fingerprint density at radius 3 is 2.74 bits per heavy atom. The van der Waals surface area contributed by atoms with Crippen molar-refractivity contribution in [1.82, 2.24) is 4.98 Å². The van der Waals surface area contributed by atoms with Gasteiger partial charge in [-0.05, 0) is 29.8 Å². The van der Waals surface area contributed by atoms with Crippen molar-refractivity contribution in [2.75, 3.05) is 12.4 Å². The zero-order valence-corrected chi connectivity index (χ0v) is 14.7. The third-order valence-corrected chi connectivity index (χ3v) is 5.74. The number of para-hydroxylation sites is 1. The van der Waals surface area contributed by atoms with Crippen LogP contribution >= 0.6 is 34.7 Å². The highest BCUT2D eigenvalue weighted by molar-refractivity contribution is 8.01.